The van der Waals surface area contributed by atoms with Gasteiger partial charge in [-0.25, -0.2) is 4.79 Å². The first-order valence-corrected chi connectivity index (χ1v) is 5.45. The van der Waals surface area contributed by atoms with Gasteiger partial charge < -0.3 is 14.7 Å². The summed E-state index contributed by atoms with van der Waals surface area (Å²) < 4.78 is 5.26. The molecule has 0 aromatic heterocycles. The molecule has 1 aliphatic rings. The van der Waals surface area contributed by atoms with Gasteiger partial charge >= 0.3 is 6.09 Å². The number of likely N-dealkylation sites (tertiary alicyclic amines) is 1. The van der Waals surface area contributed by atoms with Crippen molar-refractivity contribution in [2.24, 2.45) is 5.92 Å². The Bertz CT molecular complexity index is 232. The number of rotatable bonds is 1. The highest BCUT2D eigenvalue weighted by atomic mass is 16.6. The molecule has 0 radical (unpaired) electrons. The maximum atomic E-state index is 11.7. The minimum absolute atomic E-state index is 0.192. The zero-order chi connectivity index (χ0) is 11.6. The standard InChI is InChI=1S/C11H21NO3/c1-8(13)9-5-6-12(7-9)10(14)15-11(2,3)4/h8-9,13H,5-7H2,1-4H3/t8-,9+/m1/s1. The van der Waals surface area contributed by atoms with Gasteiger partial charge in [0, 0.05) is 19.0 Å². The minimum Gasteiger partial charge on any atom is -0.444 e. The van der Waals surface area contributed by atoms with E-state index < -0.39 is 5.60 Å². The monoisotopic (exact) mass is 215 g/mol. The van der Waals surface area contributed by atoms with Crippen LogP contribution in [0.4, 0.5) is 4.79 Å². The van der Waals surface area contributed by atoms with Crippen LogP contribution in [-0.4, -0.2) is 40.9 Å². The molecule has 0 aliphatic carbocycles. The van der Waals surface area contributed by atoms with Crippen molar-refractivity contribution in [3.05, 3.63) is 0 Å². The SMILES string of the molecule is C[C@@H](O)[C@H]1CCN(C(=O)OC(C)(C)C)C1. The van der Waals surface area contributed by atoms with Crippen molar-refractivity contribution in [2.75, 3.05) is 13.1 Å². The zero-order valence-corrected chi connectivity index (χ0v) is 9.99. The van der Waals surface area contributed by atoms with E-state index in [9.17, 15) is 9.90 Å². The first kappa shape index (κ1) is 12.3. The van der Waals surface area contributed by atoms with Gasteiger partial charge in [-0.05, 0) is 34.1 Å². The van der Waals surface area contributed by atoms with E-state index in [1.165, 1.54) is 0 Å². The molecule has 1 rings (SSSR count). The van der Waals surface area contributed by atoms with E-state index in [4.69, 9.17) is 4.74 Å². The maximum absolute atomic E-state index is 11.7. The van der Waals surface area contributed by atoms with E-state index in [-0.39, 0.29) is 18.1 Å². The molecule has 1 amide bonds. The van der Waals surface area contributed by atoms with Crippen molar-refractivity contribution in [2.45, 2.75) is 45.8 Å². The molecular weight excluding hydrogens is 194 g/mol. The van der Waals surface area contributed by atoms with Crippen LogP contribution in [0.3, 0.4) is 0 Å². The molecule has 1 aliphatic heterocycles. The lowest BCUT2D eigenvalue weighted by Gasteiger charge is -2.24. The number of carbonyl (C=O) groups is 1. The molecule has 0 spiro atoms. The number of ether oxygens (including phenoxy) is 1. The summed E-state index contributed by atoms with van der Waals surface area (Å²) in [5.41, 5.74) is -0.444. The summed E-state index contributed by atoms with van der Waals surface area (Å²) in [5.74, 6) is 0.192. The average Bonchev–Trinajstić information content (AvgIpc) is 2.47. The summed E-state index contributed by atoms with van der Waals surface area (Å²) >= 11 is 0. The summed E-state index contributed by atoms with van der Waals surface area (Å²) in [4.78, 5) is 13.3. The highest BCUT2D eigenvalue weighted by molar-refractivity contribution is 5.68. The minimum atomic E-state index is -0.444. The highest BCUT2D eigenvalue weighted by Gasteiger charge is 2.31. The lowest BCUT2D eigenvalue weighted by molar-refractivity contribution is 0.0273. The molecule has 1 N–H and O–H groups in total. The van der Waals surface area contributed by atoms with Crippen molar-refractivity contribution >= 4 is 6.09 Å². The number of aliphatic hydroxyl groups is 1. The third kappa shape index (κ3) is 3.70. The van der Waals surface area contributed by atoms with Crippen LogP contribution in [0.25, 0.3) is 0 Å². The van der Waals surface area contributed by atoms with Gasteiger partial charge in [-0.3, -0.25) is 0 Å². The number of aliphatic hydroxyl groups excluding tert-OH is 1. The first-order chi connectivity index (χ1) is 6.79. The Morgan fingerprint density at radius 1 is 1.53 bits per heavy atom. The smallest absolute Gasteiger partial charge is 0.410 e. The van der Waals surface area contributed by atoms with Crippen LogP contribution < -0.4 is 0 Å². The number of amides is 1. The van der Waals surface area contributed by atoms with Crippen LogP contribution in [-0.2, 0) is 4.74 Å². The van der Waals surface area contributed by atoms with E-state index in [1.54, 1.807) is 11.8 Å². The second kappa shape index (κ2) is 4.39. The number of carbonyl (C=O) groups excluding carboxylic acids is 1. The fraction of sp³-hybridized carbons (Fsp3) is 0.909. The third-order valence-corrected chi connectivity index (χ3v) is 2.56. The molecule has 0 aromatic rings. The van der Waals surface area contributed by atoms with Gasteiger partial charge in [0.1, 0.15) is 5.60 Å². The zero-order valence-electron chi connectivity index (χ0n) is 9.99. The quantitative estimate of drug-likeness (QED) is 0.723. The summed E-state index contributed by atoms with van der Waals surface area (Å²) in [6.45, 7) is 8.62. The summed E-state index contributed by atoms with van der Waals surface area (Å²) in [6, 6.07) is 0. The molecule has 1 saturated heterocycles. The van der Waals surface area contributed by atoms with Crippen LogP contribution in [0.2, 0.25) is 0 Å². The predicted molar refractivity (Wildman–Crippen MR) is 57.6 cm³/mol. The molecular formula is C11H21NO3. The van der Waals surface area contributed by atoms with E-state index in [2.05, 4.69) is 0 Å². The van der Waals surface area contributed by atoms with Crippen LogP contribution in [0.1, 0.15) is 34.1 Å². The van der Waals surface area contributed by atoms with Crippen LogP contribution in [0, 0.1) is 5.92 Å². The Morgan fingerprint density at radius 3 is 2.53 bits per heavy atom. The van der Waals surface area contributed by atoms with Crippen molar-refractivity contribution < 1.29 is 14.6 Å². The van der Waals surface area contributed by atoms with Crippen LogP contribution in [0.15, 0.2) is 0 Å². The molecule has 1 fully saturated rings. The number of hydrogen-bond donors (Lipinski definition) is 1. The normalized spacial score (nSPS) is 24.1. The molecule has 0 aromatic carbocycles. The molecule has 2 atom stereocenters. The van der Waals surface area contributed by atoms with Crippen molar-refractivity contribution in [3.63, 3.8) is 0 Å². The fourth-order valence-electron chi connectivity index (χ4n) is 1.67. The van der Waals surface area contributed by atoms with Crippen molar-refractivity contribution in [1.29, 1.82) is 0 Å². The van der Waals surface area contributed by atoms with Crippen LogP contribution in [0.5, 0.6) is 0 Å². The molecule has 15 heavy (non-hydrogen) atoms. The number of hydrogen-bond acceptors (Lipinski definition) is 3. The van der Waals surface area contributed by atoms with Gasteiger partial charge in [-0.2, -0.15) is 0 Å². The maximum Gasteiger partial charge on any atom is 0.410 e. The Kier molecular flexibility index (Phi) is 3.60. The van der Waals surface area contributed by atoms with E-state index >= 15 is 0 Å². The first-order valence-electron chi connectivity index (χ1n) is 5.45. The van der Waals surface area contributed by atoms with Gasteiger partial charge in [0.15, 0.2) is 0 Å². The van der Waals surface area contributed by atoms with Gasteiger partial charge in [0.25, 0.3) is 0 Å². The molecule has 0 saturated carbocycles. The Hall–Kier alpha value is -0.770. The molecule has 4 heteroatoms. The van der Waals surface area contributed by atoms with Gasteiger partial charge in [-0.15, -0.1) is 0 Å². The Labute approximate surface area is 91.2 Å². The Balaban J connectivity index is 2.44. The topological polar surface area (TPSA) is 49.8 Å². The Morgan fingerprint density at radius 2 is 2.13 bits per heavy atom. The van der Waals surface area contributed by atoms with Crippen molar-refractivity contribution in [1.82, 2.24) is 4.90 Å². The summed E-state index contributed by atoms with van der Waals surface area (Å²) in [6.07, 6.45) is 0.236. The third-order valence-electron chi connectivity index (χ3n) is 2.56. The second-order valence-electron chi connectivity index (χ2n) is 5.22. The average molecular weight is 215 g/mol. The lowest BCUT2D eigenvalue weighted by atomic mass is 10.0. The van der Waals surface area contributed by atoms with Crippen LogP contribution >= 0.6 is 0 Å². The molecule has 0 bridgehead atoms. The van der Waals surface area contributed by atoms with Gasteiger partial charge in [0.2, 0.25) is 0 Å². The molecule has 1 heterocycles. The van der Waals surface area contributed by atoms with E-state index in [0.29, 0.717) is 13.1 Å². The largest absolute Gasteiger partial charge is 0.444 e. The van der Waals surface area contributed by atoms with E-state index in [1.807, 2.05) is 20.8 Å². The number of nitrogens with zero attached hydrogens (tertiary/aromatic N) is 1. The molecule has 0 unspecified atom stereocenters. The summed E-state index contributed by atoms with van der Waals surface area (Å²) in [7, 11) is 0. The van der Waals surface area contributed by atoms with Gasteiger partial charge in [-0.1, -0.05) is 0 Å². The lowest BCUT2D eigenvalue weighted by Crippen LogP contribution is -2.36. The predicted octanol–water partition coefficient (Wildman–Crippen LogP) is 1.62. The second-order valence-corrected chi connectivity index (χ2v) is 5.22. The fourth-order valence-corrected chi connectivity index (χ4v) is 1.67. The molecule has 4 nitrogen and oxygen atoms in total. The molecule has 88 valence electrons. The van der Waals surface area contributed by atoms with Crippen molar-refractivity contribution in [3.8, 4) is 0 Å². The summed E-state index contributed by atoms with van der Waals surface area (Å²) in [5, 5.41) is 9.41. The van der Waals surface area contributed by atoms with Gasteiger partial charge in [0.05, 0.1) is 6.10 Å². The van der Waals surface area contributed by atoms with E-state index in [0.717, 1.165) is 6.42 Å². The highest BCUT2D eigenvalue weighted by Crippen LogP contribution is 2.21.